The second-order valence-electron chi connectivity index (χ2n) is 4.06. The topological polar surface area (TPSA) is 88.1 Å². The van der Waals surface area contributed by atoms with Gasteiger partial charge in [-0.2, -0.15) is 0 Å². The Hall–Kier alpha value is -1.05. The molecule has 9 heteroatoms. The van der Waals surface area contributed by atoms with Gasteiger partial charge in [0.2, 0.25) is 5.02 Å². The highest BCUT2D eigenvalue weighted by Gasteiger charge is 2.47. The van der Waals surface area contributed by atoms with E-state index in [1.165, 1.54) is 0 Å². The van der Waals surface area contributed by atoms with Gasteiger partial charge in [-0.15, -0.1) is 0 Å². The van der Waals surface area contributed by atoms with Crippen molar-refractivity contribution in [2.75, 3.05) is 19.8 Å². The number of hydrogen-bond donors (Lipinski definition) is 0. The summed E-state index contributed by atoms with van der Waals surface area (Å²) in [5.74, 6) is -2.45. The number of alkyl halides is 2. The molecule has 0 bridgehead atoms. The molecule has 0 heterocycles. The van der Waals surface area contributed by atoms with E-state index in [4.69, 9.17) is 42.1 Å². The first-order valence-corrected chi connectivity index (χ1v) is 7.63. The molecule has 128 valence electrons. The Morgan fingerprint density at radius 2 is 1.27 bits per heavy atom. The molecule has 0 unspecified atom stereocenters. The average molecular weight is 359 g/mol. The van der Waals surface area contributed by atoms with Gasteiger partial charge in [-0.25, -0.2) is 4.79 Å². The highest BCUT2D eigenvalue weighted by molar-refractivity contribution is 6.43. The number of ether oxygens (including phenoxy) is 4. The molecule has 0 fully saturated rings. The van der Waals surface area contributed by atoms with E-state index in [9.17, 15) is 14.4 Å². The number of rotatable bonds is 10. The monoisotopic (exact) mass is 358 g/mol. The number of carbonyl (C=O) groups is 3. The van der Waals surface area contributed by atoms with Crippen molar-refractivity contribution in [3.8, 4) is 0 Å². The molecule has 0 spiro atoms. The molecular formula is C13H20Cl2O7. The second-order valence-corrected chi connectivity index (χ2v) is 5.07. The fourth-order valence-electron chi connectivity index (χ4n) is 1.66. The smallest absolute Gasteiger partial charge is 0.339 e. The Morgan fingerprint density at radius 1 is 0.864 bits per heavy atom. The van der Waals surface area contributed by atoms with Crippen LogP contribution in [0.4, 0.5) is 0 Å². The zero-order valence-electron chi connectivity index (χ0n) is 12.7. The van der Waals surface area contributed by atoms with Gasteiger partial charge in [0, 0.05) is 0 Å². The van der Waals surface area contributed by atoms with Crippen molar-refractivity contribution in [3.05, 3.63) is 0 Å². The van der Waals surface area contributed by atoms with Crippen molar-refractivity contribution in [1.29, 1.82) is 0 Å². The third-order valence-corrected chi connectivity index (χ3v) is 2.61. The van der Waals surface area contributed by atoms with Crippen LogP contribution in [0.25, 0.3) is 0 Å². The summed E-state index contributed by atoms with van der Waals surface area (Å²) in [5, 5.41) is -1.45. The summed E-state index contributed by atoms with van der Waals surface area (Å²) in [4.78, 5) is 35.7. The molecule has 0 aliphatic rings. The predicted molar refractivity (Wildman–Crippen MR) is 78.4 cm³/mol. The van der Waals surface area contributed by atoms with E-state index >= 15 is 0 Å². The van der Waals surface area contributed by atoms with E-state index in [0.717, 1.165) is 0 Å². The highest BCUT2D eigenvalue weighted by atomic mass is 35.5. The summed E-state index contributed by atoms with van der Waals surface area (Å²) in [5.41, 5.74) is -2.00. The van der Waals surface area contributed by atoms with E-state index < -0.39 is 41.4 Å². The van der Waals surface area contributed by atoms with Gasteiger partial charge in [0.25, 0.3) is 0 Å². The van der Waals surface area contributed by atoms with Crippen LogP contribution in [-0.2, 0) is 33.3 Å². The first kappa shape index (κ1) is 20.9. The minimum absolute atomic E-state index is 0.0187. The number of halogens is 2. The summed E-state index contributed by atoms with van der Waals surface area (Å²) in [6.07, 6.45) is -1.15. The molecule has 0 aliphatic heterocycles. The molecule has 0 rings (SSSR count). The largest absolute Gasteiger partial charge is 0.466 e. The maximum Gasteiger partial charge on any atom is 0.339 e. The molecule has 0 aromatic heterocycles. The first-order chi connectivity index (χ1) is 10.3. The third kappa shape index (κ3) is 7.29. The Morgan fingerprint density at radius 3 is 1.59 bits per heavy atom. The van der Waals surface area contributed by atoms with Crippen LogP contribution in [0.1, 0.15) is 33.6 Å². The quantitative estimate of drug-likeness (QED) is 0.335. The van der Waals surface area contributed by atoms with Crippen LogP contribution in [0.3, 0.4) is 0 Å². The van der Waals surface area contributed by atoms with Gasteiger partial charge in [-0.05, 0) is 20.8 Å². The van der Waals surface area contributed by atoms with Crippen LogP contribution in [0, 0.1) is 0 Å². The molecule has 0 N–H and O–H groups in total. The van der Waals surface area contributed by atoms with Gasteiger partial charge in [0.05, 0.1) is 32.7 Å². The van der Waals surface area contributed by atoms with E-state index in [0.29, 0.717) is 0 Å². The number of carbonyl (C=O) groups excluding carboxylic acids is 3. The zero-order chi connectivity index (χ0) is 17.2. The highest BCUT2D eigenvalue weighted by Crippen LogP contribution is 2.28. The van der Waals surface area contributed by atoms with Gasteiger partial charge in [-0.3, -0.25) is 9.59 Å². The van der Waals surface area contributed by atoms with Gasteiger partial charge in [0.1, 0.15) is 0 Å². The third-order valence-electron chi connectivity index (χ3n) is 2.43. The van der Waals surface area contributed by atoms with Gasteiger partial charge >= 0.3 is 17.9 Å². The molecule has 22 heavy (non-hydrogen) atoms. The summed E-state index contributed by atoms with van der Waals surface area (Å²) in [6.45, 7) is 4.98. The van der Waals surface area contributed by atoms with Crippen LogP contribution in [0.5, 0.6) is 0 Å². The molecule has 0 aromatic carbocycles. The van der Waals surface area contributed by atoms with Crippen molar-refractivity contribution < 1.29 is 33.3 Å². The Labute approximate surface area is 139 Å². The summed E-state index contributed by atoms with van der Waals surface area (Å²) in [6, 6.07) is 0. The van der Waals surface area contributed by atoms with Crippen LogP contribution in [0.2, 0.25) is 0 Å². The maximum atomic E-state index is 12.2. The fourth-order valence-corrected chi connectivity index (χ4v) is 2.00. The molecule has 0 radical (unpaired) electrons. The number of hydrogen-bond acceptors (Lipinski definition) is 7. The normalized spacial score (nSPS) is 11.2. The molecule has 0 amide bonds. The molecule has 0 atom stereocenters. The lowest BCUT2D eigenvalue weighted by atomic mass is 9.95. The first-order valence-electron chi connectivity index (χ1n) is 6.75. The van der Waals surface area contributed by atoms with Gasteiger partial charge in [-0.1, -0.05) is 23.2 Å². The van der Waals surface area contributed by atoms with E-state index in [2.05, 4.69) is 0 Å². The average Bonchev–Trinajstić information content (AvgIpc) is 2.38. The zero-order valence-corrected chi connectivity index (χ0v) is 14.2. The van der Waals surface area contributed by atoms with Crippen molar-refractivity contribution in [1.82, 2.24) is 0 Å². The van der Waals surface area contributed by atoms with Gasteiger partial charge < -0.3 is 18.9 Å². The molecule has 0 aliphatic carbocycles. The van der Waals surface area contributed by atoms with E-state index in [-0.39, 0.29) is 19.8 Å². The lowest BCUT2D eigenvalue weighted by Crippen LogP contribution is -2.48. The summed E-state index contributed by atoms with van der Waals surface area (Å²) in [7, 11) is 0. The Kier molecular flexibility index (Phi) is 10.1. The summed E-state index contributed by atoms with van der Waals surface area (Å²) < 4.78 is 19.6. The molecule has 0 saturated heterocycles. The minimum atomic E-state index is -2.00. The Balaban J connectivity index is 5.43. The lowest BCUT2D eigenvalue weighted by molar-refractivity contribution is -0.184. The van der Waals surface area contributed by atoms with Crippen molar-refractivity contribution in [3.63, 3.8) is 0 Å². The van der Waals surface area contributed by atoms with Crippen molar-refractivity contribution in [2.45, 2.75) is 44.2 Å². The maximum absolute atomic E-state index is 12.2. The van der Waals surface area contributed by atoms with Crippen LogP contribution < -0.4 is 0 Å². The lowest BCUT2D eigenvalue weighted by Gasteiger charge is -2.30. The molecule has 0 aromatic rings. The van der Waals surface area contributed by atoms with E-state index in [1.807, 2.05) is 0 Å². The Bertz CT molecular complexity index is 365. The molecular weight excluding hydrogens is 339 g/mol. The van der Waals surface area contributed by atoms with Gasteiger partial charge in [0.15, 0.2) is 5.60 Å². The van der Waals surface area contributed by atoms with Crippen molar-refractivity contribution in [2.24, 2.45) is 0 Å². The van der Waals surface area contributed by atoms with Crippen LogP contribution in [0.15, 0.2) is 0 Å². The predicted octanol–water partition coefficient (Wildman–Crippen LogP) is 1.97. The standard InChI is InChI=1S/C13H20Cl2O7/c1-4-19-9(16)7-13(22-12(14)15,11(18)21-6-3)8-10(17)20-5-2/h12H,4-8H2,1-3H3. The fraction of sp³-hybridized carbons (Fsp3) is 0.769. The van der Waals surface area contributed by atoms with E-state index in [1.54, 1.807) is 20.8 Å². The van der Waals surface area contributed by atoms with Crippen molar-refractivity contribution >= 4 is 41.1 Å². The number of esters is 3. The SMILES string of the molecule is CCOC(=O)CC(CC(=O)OCC)(OC(Cl)Cl)C(=O)OCC. The minimum Gasteiger partial charge on any atom is -0.466 e. The summed E-state index contributed by atoms with van der Waals surface area (Å²) >= 11 is 11.1. The molecule has 7 nitrogen and oxygen atoms in total. The second kappa shape index (κ2) is 10.6. The van der Waals surface area contributed by atoms with Crippen LogP contribution >= 0.6 is 23.2 Å². The van der Waals surface area contributed by atoms with Crippen LogP contribution in [-0.4, -0.2) is 48.4 Å². The molecule has 0 saturated carbocycles.